The molecule has 0 spiro atoms. The maximum atomic E-state index is 12.1. The lowest BCUT2D eigenvalue weighted by atomic mass is 10.1. The molecule has 0 bridgehead atoms. The topological polar surface area (TPSA) is 68.0 Å². The number of benzene rings is 1. The van der Waals surface area contributed by atoms with Gasteiger partial charge in [0.1, 0.15) is 0 Å². The molecule has 0 radical (unpaired) electrons. The van der Waals surface area contributed by atoms with Crippen molar-refractivity contribution in [2.45, 2.75) is 6.92 Å². The van der Waals surface area contributed by atoms with Gasteiger partial charge in [-0.25, -0.2) is 0 Å². The molecule has 3 N–H and O–H groups in total. The molecule has 1 aromatic carbocycles. The number of carbonyl (C=O) groups is 1. The lowest BCUT2D eigenvalue weighted by Gasteiger charge is -2.09. The molecule has 5 heteroatoms. The highest BCUT2D eigenvalue weighted by Gasteiger charge is 2.12. The molecule has 1 aromatic heterocycles. The Morgan fingerprint density at radius 2 is 2.17 bits per heavy atom. The third-order valence-corrected chi connectivity index (χ3v) is 2.97. The summed E-state index contributed by atoms with van der Waals surface area (Å²) in [4.78, 5) is 16.0. The Kier molecular flexibility index (Phi) is 3.48. The Bertz CT molecular complexity index is 599. The fraction of sp³-hybridized carbons (Fsp3) is 0.0769. The second-order valence-corrected chi connectivity index (χ2v) is 4.24. The van der Waals surface area contributed by atoms with Gasteiger partial charge in [-0.15, -0.1) is 0 Å². The number of hydrogen-bond acceptors (Lipinski definition) is 3. The highest BCUT2D eigenvalue weighted by Crippen LogP contribution is 2.21. The maximum absolute atomic E-state index is 12.1. The number of rotatable bonds is 2. The first-order chi connectivity index (χ1) is 8.59. The minimum absolute atomic E-state index is 0.255. The molecule has 1 amide bonds. The van der Waals surface area contributed by atoms with Crippen molar-refractivity contribution < 1.29 is 4.79 Å². The van der Waals surface area contributed by atoms with E-state index in [1.54, 1.807) is 37.4 Å². The predicted octanol–water partition coefficient (Wildman–Crippen LogP) is 2.88. The lowest BCUT2D eigenvalue weighted by Crippen LogP contribution is -2.14. The summed E-state index contributed by atoms with van der Waals surface area (Å²) in [6.45, 7) is 1.80. The largest absolute Gasteiger partial charge is 0.398 e. The van der Waals surface area contributed by atoms with Gasteiger partial charge in [0.15, 0.2) is 0 Å². The van der Waals surface area contributed by atoms with E-state index in [0.717, 1.165) is 5.56 Å². The summed E-state index contributed by atoms with van der Waals surface area (Å²) < 4.78 is 0. The Balaban J connectivity index is 2.28. The number of amides is 1. The quantitative estimate of drug-likeness (QED) is 0.817. The summed E-state index contributed by atoms with van der Waals surface area (Å²) in [5.41, 5.74) is 8.09. The van der Waals surface area contributed by atoms with Crippen molar-refractivity contribution in [2.24, 2.45) is 0 Å². The molecule has 2 aromatic rings. The first-order valence-electron chi connectivity index (χ1n) is 5.35. The van der Waals surface area contributed by atoms with Gasteiger partial charge in [-0.2, -0.15) is 0 Å². The zero-order chi connectivity index (χ0) is 13.1. The summed E-state index contributed by atoms with van der Waals surface area (Å²) in [6, 6.07) is 6.82. The van der Waals surface area contributed by atoms with E-state index in [4.69, 9.17) is 17.3 Å². The van der Waals surface area contributed by atoms with Crippen LogP contribution in [-0.2, 0) is 0 Å². The summed E-state index contributed by atoms with van der Waals surface area (Å²) in [5.74, 6) is -0.255. The fourth-order valence-corrected chi connectivity index (χ4v) is 1.71. The van der Waals surface area contributed by atoms with Crippen molar-refractivity contribution in [1.29, 1.82) is 0 Å². The van der Waals surface area contributed by atoms with Gasteiger partial charge >= 0.3 is 0 Å². The van der Waals surface area contributed by atoms with E-state index >= 15 is 0 Å². The van der Waals surface area contributed by atoms with Crippen molar-refractivity contribution >= 4 is 28.9 Å². The summed E-state index contributed by atoms with van der Waals surface area (Å²) in [5, 5.41) is 3.15. The Morgan fingerprint density at radius 1 is 1.39 bits per heavy atom. The maximum Gasteiger partial charge on any atom is 0.256 e. The molecule has 0 aliphatic rings. The van der Waals surface area contributed by atoms with E-state index in [-0.39, 0.29) is 5.91 Å². The van der Waals surface area contributed by atoms with Crippen LogP contribution in [0.1, 0.15) is 15.9 Å². The zero-order valence-corrected chi connectivity index (χ0v) is 10.5. The molecule has 92 valence electrons. The monoisotopic (exact) mass is 261 g/mol. The van der Waals surface area contributed by atoms with Gasteiger partial charge in [-0.3, -0.25) is 9.78 Å². The minimum atomic E-state index is -0.255. The minimum Gasteiger partial charge on any atom is -0.398 e. The van der Waals surface area contributed by atoms with Crippen LogP contribution in [0.4, 0.5) is 11.4 Å². The fourth-order valence-electron chi connectivity index (χ4n) is 1.56. The number of hydrogen-bond donors (Lipinski definition) is 2. The number of anilines is 2. The normalized spacial score (nSPS) is 10.1. The summed E-state index contributed by atoms with van der Waals surface area (Å²) in [7, 11) is 0. The SMILES string of the molecule is Cc1c(N)cccc1C(=O)Nc1cnccc1Cl. The molecule has 0 saturated carbocycles. The van der Waals surface area contributed by atoms with Crippen LogP contribution in [0.15, 0.2) is 36.7 Å². The van der Waals surface area contributed by atoms with Crippen molar-refractivity contribution in [3.8, 4) is 0 Å². The van der Waals surface area contributed by atoms with Gasteiger partial charge in [0.05, 0.1) is 16.9 Å². The van der Waals surface area contributed by atoms with Crippen molar-refractivity contribution in [2.75, 3.05) is 11.1 Å². The second-order valence-electron chi connectivity index (χ2n) is 3.83. The van der Waals surface area contributed by atoms with E-state index in [2.05, 4.69) is 10.3 Å². The van der Waals surface area contributed by atoms with Gasteiger partial charge in [0, 0.05) is 17.4 Å². The van der Waals surface area contributed by atoms with Crippen LogP contribution < -0.4 is 11.1 Å². The molecule has 1 heterocycles. The third kappa shape index (κ3) is 2.43. The first-order valence-corrected chi connectivity index (χ1v) is 5.73. The van der Waals surface area contributed by atoms with E-state index in [1.807, 2.05) is 0 Å². The number of pyridine rings is 1. The molecular formula is C13H12ClN3O. The molecule has 18 heavy (non-hydrogen) atoms. The second kappa shape index (κ2) is 5.06. The molecule has 2 rings (SSSR count). The molecule has 0 fully saturated rings. The Morgan fingerprint density at radius 3 is 2.89 bits per heavy atom. The summed E-state index contributed by atoms with van der Waals surface area (Å²) >= 11 is 5.95. The number of nitrogens with zero attached hydrogens (tertiary/aromatic N) is 1. The van der Waals surface area contributed by atoms with E-state index in [1.165, 1.54) is 6.20 Å². The smallest absolute Gasteiger partial charge is 0.256 e. The lowest BCUT2D eigenvalue weighted by molar-refractivity contribution is 0.102. The van der Waals surface area contributed by atoms with Crippen LogP contribution in [0.2, 0.25) is 5.02 Å². The first kappa shape index (κ1) is 12.4. The van der Waals surface area contributed by atoms with Gasteiger partial charge in [0.2, 0.25) is 0 Å². The predicted molar refractivity (Wildman–Crippen MR) is 72.8 cm³/mol. The highest BCUT2D eigenvalue weighted by atomic mass is 35.5. The van der Waals surface area contributed by atoms with Crippen molar-refractivity contribution in [3.63, 3.8) is 0 Å². The third-order valence-electron chi connectivity index (χ3n) is 2.64. The van der Waals surface area contributed by atoms with E-state index in [0.29, 0.717) is 22.0 Å². The van der Waals surface area contributed by atoms with Crippen LogP contribution >= 0.6 is 11.6 Å². The van der Waals surface area contributed by atoms with Crippen LogP contribution in [0, 0.1) is 6.92 Å². The average Bonchev–Trinajstić information content (AvgIpc) is 2.35. The van der Waals surface area contributed by atoms with E-state index < -0.39 is 0 Å². The molecule has 0 atom stereocenters. The standard InChI is InChI=1S/C13H12ClN3O/c1-8-9(3-2-4-11(8)15)13(18)17-12-7-16-6-5-10(12)14/h2-7H,15H2,1H3,(H,17,18). The van der Waals surface area contributed by atoms with Crippen molar-refractivity contribution in [1.82, 2.24) is 4.98 Å². The van der Waals surface area contributed by atoms with Crippen LogP contribution in [0.3, 0.4) is 0 Å². The van der Waals surface area contributed by atoms with Gasteiger partial charge in [0.25, 0.3) is 5.91 Å². The number of halogens is 1. The zero-order valence-electron chi connectivity index (χ0n) is 9.77. The van der Waals surface area contributed by atoms with Gasteiger partial charge < -0.3 is 11.1 Å². The van der Waals surface area contributed by atoms with Crippen LogP contribution in [0.5, 0.6) is 0 Å². The van der Waals surface area contributed by atoms with Crippen LogP contribution in [0.25, 0.3) is 0 Å². The van der Waals surface area contributed by atoms with Crippen molar-refractivity contribution in [3.05, 3.63) is 52.8 Å². The highest BCUT2D eigenvalue weighted by molar-refractivity contribution is 6.33. The number of nitrogens with two attached hydrogens (primary N) is 1. The number of nitrogen functional groups attached to an aromatic ring is 1. The Labute approximate surface area is 110 Å². The molecule has 0 unspecified atom stereocenters. The van der Waals surface area contributed by atoms with Gasteiger partial charge in [-0.05, 0) is 30.7 Å². The molecule has 4 nitrogen and oxygen atoms in total. The van der Waals surface area contributed by atoms with E-state index in [9.17, 15) is 4.79 Å². The average molecular weight is 262 g/mol. The number of nitrogens with one attached hydrogen (secondary N) is 1. The number of aromatic nitrogens is 1. The van der Waals surface area contributed by atoms with Gasteiger partial charge in [-0.1, -0.05) is 17.7 Å². The molecule has 0 saturated heterocycles. The Hall–Kier alpha value is -2.07. The molecular weight excluding hydrogens is 250 g/mol. The summed E-state index contributed by atoms with van der Waals surface area (Å²) in [6.07, 6.45) is 3.06. The molecule has 0 aliphatic heterocycles. The molecule has 0 aliphatic carbocycles. The number of carbonyl (C=O) groups excluding carboxylic acids is 1. The van der Waals surface area contributed by atoms with Crippen LogP contribution in [-0.4, -0.2) is 10.9 Å².